The zero-order chi connectivity index (χ0) is 53.3. The van der Waals surface area contributed by atoms with E-state index in [4.69, 9.17) is 23.7 Å². The molecule has 6 aliphatic rings. The standard InChI is InChI=1S/C68H86O9/c1-65-33-29-59-57-25-17-53(69)47-51(57)15-23-61(59)63(65)31-37-67(65,71)35-27-49-11-19-55(20-12-49)76-45-9-7-43-74-41-5-3-39-73-40-4-6-42-75-44-8-10-46-77-56-21-13-50(14-22-56)28-36-68(72)38-32-64-62-24-16-52-48-54(70)18-26-58(52)60(62)30-34-66(64,68)2/h11-14,17-22,25-26,47-48,59-64,69-72H,3-10,15-16,23-24,29-34,37-46H2,1-2H3/t59-,60-,61-,62-,63+,64+,65+,66+,67+,68+/m1/s1. The Kier molecular flexibility index (Phi) is 18.0. The monoisotopic (exact) mass is 1050 g/mol. The van der Waals surface area contributed by atoms with E-state index in [0.717, 1.165) is 191 Å². The fourth-order valence-corrected chi connectivity index (χ4v) is 15.3. The molecule has 10 atom stereocenters. The van der Waals surface area contributed by atoms with Crippen molar-refractivity contribution in [2.24, 2.45) is 34.5 Å². The Morgan fingerprint density at radius 3 is 1.18 bits per heavy atom. The molecule has 0 spiro atoms. The third-order valence-corrected chi connectivity index (χ3v) is 19.8. The lowest BCUT2D eigenvalue weighted by atomic mass is 9.53. The largest absolute Gasteiger partial charge is 0.508 e. The Bertz CT molecular complexity index is 2530. The van der Waals surface area contributed by atoms with Crippen LogP contribution in [-0.4, -0.2) is 84.5 Å². The van der Waals surface area contributed by atoms with E-state index >= 15 is 0 Å². The van der Waals surface area contributed by atoms with E-state index in [-0.39, 0.29) is 10.8 Å². The number of rotatable bonds is 22. The number of phenolic OH excluding ortho intramolecular Hbond substituents is 2. The second kappa shape index (κ2) is 25.0. The van der Waals surface area contributed by atoms with Gasteiger partial charge in [-0.15, -0.1) is 0 Å². The molecule has 0 bridgehead atoms. The molecular formula is C68H86O9. The summed E-state index contributed by atoms with van der Waals surface area (Å²) in [7, 11) is 0. The highest BCUT2D eigenvalue weighted by atomic mass is 16.5. The molecule has 0 saturated heterocycles. The van der Waals surface area contributed by atoms with Crippen LogP contribution in [0.5, 0.6) is 23.0 Å². The molecule has 4 N–H and O–H groups in total. The van der Waals surface area contributed by atoms with Crippen LogP contribution >= 0.6 is 0 Å². The van der Waals surface area contributed by atoms with Crippen molar-refractivity contribution in [3.8, 4) is 46.7 Å². The van der Waals surface area contributed by atoms with Crippen LogP contribution in [0.2, 0.25) is 0 Å². The van der Waals surface area contributed by atoms with Crippen LogP contribution in [0.4, 0.5) is 0 Å². The molecule has 4 saturated carbocycles. The quantitative estimate of drug-likeness (QED) is 0.0449. The Labute approximate surface area is 459 Å². The van der Waals surface area contributed by atoms with Crippen LogP contribution in [-0.2, 0) is 27.1 Å². The summed E-state index contributed by atoms with van der Waals surface area (Å²) in [4.78, 5) is 0. The first kappa shape index (κ1) is 55.3. The normalized spacial score (nSPS) is 29.5. The predicted octanol–water partition coefficient (Wildman–Crippen LogP) is 13.0. The van der Waals surface area contributed by atoms with E-state index in [1.165, 1.54) is 22.3 Å². The maximum atomic E-state index is 12.0. The number of unbranched alkanes of at least 4 members (excludes halogenated alkanes) is 4. The molecule has 10 rings (SSSR count). The van der Waals surface area contributed by atoms with Gasteiger partial charge in [-0.05, 0) is 259 Å². The Hall–Kier alpha value is -5.00. The topological polar surface area (TPSA) is 127 Å². The summed E-state index contributed by atoms with van der Waals surface area (Å²) < 4.78 is 29.6. The second-order valence-electron chi connectivity index (χ2n) is 24.2. The number of aromatic hydroxyl groups is 2. The smallest absolute Gasteiger partial charge is 0.131 e. The molecule has 4 aromatic carbocycles. The van der Waals surface area contributed by atoms with E-state index in [1.54, 1.807) is 0 Å². The molecule has 9 nitrogen and oxygen atoms in total. The molecule has 0 aromatic heterocycles. The SMILES string of the molecule is C[C@]12CC[C@@H]3c4ccc(O)cc4CC[C@H]3[C@@H]1CC[C@@]2(O)C#Cc1ccc(OCCCCOCCCCOCCCCOCCCCOc2ccc(C#C[C@]3(O)CC[C@H]4[C@@H]5CCc6cc(O)ccc6[C@H]5CC[C@@]43C)cc2)cc1. The molecule has 0 heterocycles. The molecule has 4 fully saturated rings. The number of aryl methyl sites for hydroxylation is 2. The third-order valence-electron chi connectivity index (χ3n) is 19.8. The maximum absolute atomic E-state index is 12.0. The van der Waals surface area contributed by atoms with Crippen molar-refractivity contribution in [3.63, 3.8) is 0 Å². The summed E-state index contributed by atoms with van der Waals surface area (Å²) in [6.07, 6.45) is 19.6. The van der Waals surface area contributed by atoms with Gasteiger partial charge in [0.25, 0.3) is 0 Å². The van der Waals surface area contributed by atoms with Crippen LogP contribution in [0.15, 0.2) is 84.9 Å². The van der Waals surface area contributed by atoms with Crippen molar-refractivity contribution in [2.45, 2.75) is 165 Å². The first-order valence-corrected chi connectivity index (χ1v) is 29.8. The summed E-state index contributed by atoms with van der Waals surface area (Å²) in [5.41, 5.74) is 4.83. The van der Waals surface area contributed by atoms with E-state index in [9.17, 15) is 20.4 Å². The van der Waals surface area contributed by atoms with Crippen molar-refractivity contribution >= 4 is 0 Å². The van der Waals surface area contributed by atoms with Gasteiger partial charge in [0.15, 0.2) is 0 Å². The van der Waals surface area contributed by atoms with E-state index in [1.807, 2.05) is 72.8 Å². The molecule has 77 heavy (non-hydrogen) atoms. The Morgan fingerprint density at radius 2 is 0.805 bits per heavy atom. The van der Waals surface area contributed by atoms with Crippen LogP contribution in [0, 0.1) is 58.2 Å². The van der Waals surface area contributed by atoms with E-state index in [0.29, 0.717) is 60.2 Å². The number of hydrogen-bond acceptors (Lipinski definition) is 9. The fraction of sp³-hybridized carbons (Fsp3) is 0.588. The number of aliphatic hydroxyl groups is 2. The summed E-state index contributed by atoms with van der Waals surface area (Å²) in [6, 6.07) is 27.8. The van der Waals surface area contributed by atoms with E-state index in [2.05, 4.69) is 49.7 Å². The Balaban J connectivity index is 0.506. The zero-order valence-electron chi connectivity index (χ0n) is 46.2. The molecule has 6 aliphatic carbocycles. The minimum absolute atomic E-state index is 0.212. The molecule has 412 valence electrons. The van der Waals surface area contributed by atoms with Gasteiger partial charge >= 0.3 is 0 Å². The number of fused-ring (bicyclic) bond motifs is 10. The lowest BCUT2D eigenvalue weighted by molar-refractivity contribution is -0.0648. The van der Waals surface area contributed by atoms with Gasteiger partial charge in [0, 0.05) is 61.6 Å². The third kappa shape index (κ3) is 12.4. The van der Waals surface area contributed by atoms with Crippen LogP contribution in [0.3, 0.4) is 0 Å². The highest BCUT2D eigenvalue weighted by Gasteiger charge is 2.62. The molecule has 0 radical (unpaired) electrons. The number of hydrogen-bond donors (Lipinski definition) is 4. The molecule has 0 aliphatic heterocycles. The van der Waals surface area contributed by atoms with Gasteiger partial charge < -0.3 is 44.1 Å². The van der Waals surface area contributed by atoms with E-state index < -0.39 is 11.2 Å². The molecule has 0 unspecified atom stereocenters. The summed E-state index contributed by atoms with van der Waals surface area (Å²) in [5, 5.41) is 44.2. The first-order valence-electron chi connectivity index (χ1n) is 29.8. The van der Waals surface area contributed by atoms with Crippen molar-refractivity contribution in [2.75, 3.05) is 52.9 Å². The molecule has 4 aromatic rings. The van der Waals surface area contributed by atoms with Gasteiger partial charge in [-0.2, -0.15) is 0 Å². The molecular weight excluding hydrogens is 961 g/mol. The average Bonchev–Trinajstić information content (AvgIpc) is 4.08. The van der Waals surface area contributed by atoms with Crippen molar-refractivity contribution in [1.29, 1.82) is 0 Å². The number of phenols is 2. The predicted molar refractivity (Wildman–Crippen MR) is 302 cm³/mol. The maximum Gasteiger partial charge on any atom is 0.131 e. The van der Waals surface area contributed by atoms with Gasteiger partial charge in [0.2, 0.25) is 0 Å². The van der Waals surface area contributed by atoms with Crippen LogP contribution < -0.4 is 9.47 Å². The average molecular weight is 1050 g/mol. The second-order valence-corrected chi connectivity index (χ2v) is 24.2. The Morgan fingerprint density at radius 1 is 0.442 bits per heavy atom. The van der Waals surface area contributed by atoms with Crippen LogP contribution in [0.25, 0.3) is 0 Å². The minimum Gasteiger partial charge on any atom is -0.508 e. The van der Waals surface area contributed by atoms with Crippen molar-refractivity contribution in [1.82, 2.24) is 0 Å². The molecule has 9 heteroatoms. The lowest BCUT2D eigenvalue weighted by Gasteiger charge is -2.52. The number of ether oxygens (including phenoxy) is 5. The van der Waals surface area contributed by atoms with Gasteiger partial charge in [-0.3, -0.25) is 0 Å². The minimum atomic E-state index is -0.985. The lowest BCUT2D eigenvalue weighted by Crippen LogP contribution is -2.50. The number of benzene rings is 4. The highest BCUT2D eigenvalue weighted by molar-refractivity contribution is 5.45. The highest BCUT2D eigenvalue weighted by Crippen LogP contribution is 2.66. The van der Waals surface area contributed by atoms with Gasteiger partial charge in [-0.1, -0.05) is 49.7 Å². The summed E-state index contributed by atoms with van der Waals surface area (Å²) >= 11 is 0. The van der Waals surface area contributed by atoms with Crippen molar-refractivity contribution in [3.05, 3.63) is 118 Å². The van der Waals surface area contributed by atoms with Crippen molar-refractivity contribution < 1.29 is 44.1 Å². The van der Waals surface area contributed by atoms with Gasteiger partial charge in [0.05, 0.1) is 13.2 Å². The zero-order valence-corrected chi connectivity index (χ0v) is 46.2. The van der Waals surface area contributed by atoms with Gasteiger partial charge in [0.1, 0.15) is 34.2 Å². The fourth-order valence-electron chi connectivity index (χ4n) is 15.3. The molecule has 0 amide bonds. The van der Waals surface area contributed by atoms with Crippen LogP contribution in [0.1, 0.15) is 175 Å². The first-order chi connectivity index (χ1) is 37.5. The summed E-state index contributed by atoms with van der Waals surface area (Å²) in [5.74, 6) is 18.9. The van der Waals surface area contributed by atoms with Gasteiger partial charge in [-0.25, -0.2) is 0 Å². The summed E-state index contributed by atoms with van der Waals surface area (Å²) in [6.45, 7) is 10.4.